The predicted octanol–water partition coefficient (Wildman–Crippen LogP) is 1.45. The van der Waals surface area contributed by atoms with Gasteiger partial charge in [0.05, 0.1) is 12.8 Å². The van der Waals surface area contributed by atoms with Crippen molar-refractivity contribution in [1.29, 1.82) is 0 Å². The van der Waals surface area contributed by atoms with E-state index in [2.05, 4.69) is 0 Å². The van der Waals surface area contributed by atoms with Crippen LogP contribution in [-0.4, -0.2) is 89.5 Å². The molecular weight excluding hydrogens is 588 g/mol. The minimum absolute atomic E-state index is 0.250. The number of aliphatic hydroxyl groups is 1. The average Bonchev–Trinajstić information content (AvgIpc) is 2.95. The predicted molar refractivity (Wildman–Crippen MR) is 146 cm³/mol. The summed E-state index contributed by atoms with van der Waals surface area (Å²) in [5.74, 6) is -8.23. The third-order valence-electron chi connectivity index (χ3n) is 6.38. The minimum Gasteiger partial charge on any atom is -0.504 e. The molecule has 0 amide bonds. The zero-order valence-electron chi connectivity index (χ0n) is 22.7. The molecule has 0 spiro atoms. The number of hydrogen-bond acceptors (Lipinski definition) is 13. The molecule has 1 aliphatic carbocycles. The molecule has 15 heteroatoms. The van der Waals surface area contributed by atoms with Crippen LogP contribution in [0.3, 0.4) is 0 Å². The molecule has 2 aromatic rings. The highest BCUT2D eigenvalue weighted by Crippen LogP contribution is 2.35. The fourth-order valence-corrected chi connectivity index (χ4v) is 4.18. The number of carbonyl (C=O) groups is 5. The molecule has 2 aromatic carbocycles. The molecule has 0 saturated heterocycles. The molecule has 0 aliphatic heterocycles. The maximum Gasteiger partial charge on any atom is 0.335 e. The Morgan fingerprint density at radius 1 is 0.705 bits per heavy atom. The first kappa shape index (κ1) is 32.9. The quantitative estimate of drug-likeness (QED) is 0.0816. The van der Waals surface area contributed by atoms with E-state index in [0.717, 1.165) is 36.4 Å². The van der Waals surface area contributed by atoms with Crippen LogP contribution >= 0.6 is 0 Å². The lowest BCUT2D eigenvalue weighted by Gasteiger charge is -2.42. The van der Waals surface area contributed by atoms with Crippen LogP contribution in [0.5, 0.6) is 23.0 Å². The summed E-state index contributed by atoms with van der Waals surface area (Å²) in [6, 6.07) is 7.24. The standard InChI is InChI=1S/C29H28O15/c30-17-5-1-15(11-19(17)32)3-8-24(36)42-21-13-29(41,28(39)40)14-22(27(21)44-26(38)10-7-23(34)35)43-25(37)9-4-16-2-6-18(31)20(33)12-16/h1-6,8-9,11-12,21-22,27,30-33,41H,7,10,13-14H2,(H,34,35)(H,39,40). The van der Waals surface area contributed by atoms with Crippen LogP contribution in [0.15, 0.2) is 48.6 Å². The molecule has 2 unspecified atom stereocenters. The Morgan fingerprint density at radius 3 is 1.55 bits per heavy atom. The van der Waals surface area contributed by atoms with Gasteiger partial charge in [-0.25, -0.2) is 14.4 Å². The molecule has 0 bridgehead atoms. The van der Waals surface area contributed by atoms with E-state index in [1.54, 1.807) is 0 Å². The molecule has 15 nitrogen and oxygen atoms in total. The van der Waals surface area contributed by atoms with E-state index >= 15 is 0 Å². The monoisotopic (exact) mass is 616 g/mol. The fraction of sp³-hybridized carbons (Fsp3) is 0.276. The van der Waals surface area contributed by atoms with Crippen molar-refractivity contribution in [1.82, 2.24) is 0 Å². The summed E-state index contributed by atoms with van der Waals surface area (Å²) in [5, 5.41) is 67.5. The van der Waals surface area contributed by atoms with Gasteiger partial charge < -0.3 is 50.0 Å². The highest BCUT2D eigenvalue weighted by molar-refractivity contribution is 5.88. The summed E-state index contributed by atoms with van der Waals surface area (Å²) < 4.78 is 15.9. The van der Waals surface area contributed by atoms with Crippen molar-refractivity contribution in [3.63, 3.8) is 0 Å². The van der Waals surface area contributed by atoms with Gasteiger partial charge in [0, 0.05) is 25.0 Å². The molecule has 234 valence electrons. The van der Waals surface area contributed by atoms with Gasteiger partial charge in [-0.15, -0.1) is 0 Å². The first-order valence-electron chi connectivity index (χ1n) is 12.9. The molecule has 44 heavy (non-hydrogen) atoms. The van der Waals surface area contributed by atoms with E-state index in [-0.39, 0.29) is 11.1 Å². The topological polar surface area (TPSA) is 255 Å². The number of carboxylic acids is 2. The molecule has 1 aliphatic rings. The van der Waals surface area contributed by atoms with Crippen LogP contribution in [0.1, 0.15) is 36.8 Å². The van der Waals surface area contributed by atoms with E-state index in [4.69, 9.17) is 19.3 Å². The Hall–Kier alpha value is -5.57. The zero-order valence-corrected chi connectivity index (χ0v) is 22.7. The molecule has 7 N–H and O–H groups in total. The minimum atomic E-state index is -2.63. The van der Waals surface area contributed by atoms with Gasteiger partial charge in [-0.2, -0.15) is 0 Å². The molecule has 3 rings (SSSR count). The number of aromatic hydroxyl groups is 4. The average molecular weight is 617 g/mol. The molecule has 2 atom stereocenters. The molecular formula is C29H28O15. The normalized spacial score (nSPS) is 21.5. The largest absolute Gasteiger partial charge is 0.504 e. The first-order chi connectivity index (χ1) is 20.7. The number of phenols is 4. The lowest BCUT2D eigenvalue weighted by atomic mass is 9.79. The molecule has 1 saturated carbocycles. The summed E-state index contributed by atoms with van der Waals surface area (Å²) in [4.78, 5) is 60.7. The lowest BCUT2D eigenvalue weighted by Crippen LogP contribution is -2.59. The highest BCUT2D eigenvalue weighted by Gasteiger charge is 2.54. The number of carboxylic acid groups (broad SMARTS) is 2. The molecule has 1 fully saturated rings. The van der Waals surface area contributed by atoms with Crippen LogP contribution in [0.25, 0.3) is 12.2 Å². The third kappa shape index (κ3) is 8.96. The van der Waals surface area contributed by atoms with Crippen molar-refractivity contribution in [2.24, 2.45) is 0 Å². The summed E-state index contributed by atoms with van der Waals surface area (Å²) in [7, 11) is 0. The number of phenolic OH excluding ortho intramolecular Hbond substituents is 4. The highest BCUT2D eigenvalue weighted by atomic mass is 16.6. The van der Waals surface area contributed by atoms with Crippen molar-refractivity contribution < 1.29 is 73.9 Å². The van der Waals surface area contributed by atoms with Gasteiger partial charge in [0.1, 0.15) is 12.2 Å². The number of esters is 3. The zero-order chi connectivity index (χ0) is 32.6. The Balaban J connectivity index is 1.88. The molecule has 0 radical (unpaired) electrons. The summed E-state index contributed by atoms with van der Waals surface area (Å²) in [6.45, 7) is 0. The van der Waals surface area contributed by atoms with Crippen molar-refractivity contribution >= 4 is 42.0 Å². The number of ether oxygens (including phenoxy) is 3. The Bertz CT molecular complexity index is 1410. The second-order valence-electron chi connectivity index (χ2n) is 9.71. The van der Waals surface area contributed by atoms with Crippen LogP contribution < -0.4 is 0 Å². The van der Waals surface area contributed by atoms with Crippen LogP contribution in [0.2, 0.25) is 0 Å². The Kier molecular flexibility index (Phi) is 10.5. The lowest BCUT2D eigenvalue weighted by molar-refractivity contribution is -0.212. The van der Waals surface area contributed by atoms with Gasteiger partial charge in [0.15, 0.2) is 34.7 Å². The van der Waals surface area contributed by atoms with Gasteiger partial charge in [-0.1, -0.05) is 12.1 Å². The van der Waals surface area contributed by atoms with Gasteiger partial charge in [0.2, 0.25) is 0 Å². The van der Waals surface area contributed by atoms with E-state index < -0.39 is 102 Å². The number of carbonyl (C=O) groups excluding carboxylic acids is 3. The van der Waals surface area contributed by atoms with Crippen molar-refractivity contribution in [2.75, 3.05) is 0 Å². The Labute approximate surface area is 248 Å². The van der Waals surface area contributed by atoms with Crippen molar-refractivity contribution in [2.45, 2.75) is 49.6 Å². The first-order valence-corrected chi connectivity index (χ1v) is 12.9. The summed E-state index contributed by atoms with van der Waals surface area (Å²) >= 11 is 0. The maximum atomic E-state index is 12.7. The number of hydrogen-bond donors (Lipinski definition) is 7. The third-order valence-corrected chi connectivity index (χ3v) is 6.38. The van der Waals surface area contributed by atoms with Crippen LogP contribution in [0, 0.1) is 0 Å². The van der Waals surface area contributed by atoms with Crippen molar-refractivity contribution in [3.05, 3.63) is 59.7 Å². The second-order valence-corrected chi connectivity index (χ2v) is 9.71. The van der Waals surface area contributed by atoms with E-state index in [1.165, 1.54) is 24.3 Å². The number of aliphatic carboxylic acids is 2. The molecule has 0 heterocycles. The fourth-order valence-electron chi connectivity index (χ4n) is 4.18. The number of benzene rings is 2. The Morgan fingerprint density at radius 2 is 1.16 bits per heavy atom. The van der Waals surface area contributed by atoms with Crippen molar-refractivity contribution in [3.8, 4) is 23.0 Å². The SMILES string of the molecule is O=C(O)CCC(=O)OC1C(OC(=O)C=Cc2ccc(O)c(O)c2)CC(O)(C(=O)O)CC1OC(=O)C=Cc1ccc(O)c(O)c1. The van der Waals surface area contributed by atoms with Crippen LogP contribution in [0.4, 0.5) is 0 Å². The van der Waals surface area contributed by atoms with Gasteiger partial charge in [-0.3, -0.25) is 9.59 Å². The van der Waals surface area contributed by atoms with E-state index in [1.807, 2.05) is 0 Å². The number of rotatable bonds is 11. The molecule has 0 aromatic heterocycles. The maximum absolute atomic E-state index is 12.7. The van der Waals surface area contributed by atoms with E-state index in [0.29, 0.717) is 0 Å². The van der Waals surface area contributed by atoms with E-state index in [9.17, 15) is 54.6 Å². The van der Waals surface area contributed by atoms with Gasteiger partial charge in [-0.05, 0) is 47.5 Å². The van der Waals surface area contributed by atoms with Crippen LogP contribution in [-0.2, 0) is 38.2 Å². The van der Waals surface area contributed by atoms with Gasteiger partial charge >= 0.3 is 29.8 Å². The smallest absolute Gasteiger partial charge is 0.335 e. The second kappa shape index (κ2) is 14.1. The summed E-state index contributed by atoms with van der Waals surface area (Å²) in [5.41, 5.74) is -2.13. The van der Waals surface area contributed by atoms with Gasteiger partial charge in [0.25, 0.3) is 0 Å². The summed E-state index contributed by atoms with van der Waals surface area (Å²) in [6.07, 6.45) is -3.92.